The smallest absolute Gasteiger partial charge is 0.00673 e. The van der Waals surface area contributed by atoms with Crippen LogP contribution in [-0.2, 0) is 0 Å². The number of hydrogen-bond acceptors (Lipinski definition) is 1. The zero-order valence-corrected chi connectivity index (χ0v) is 10.5. The first kappa shape index (κ1) is 10.8. The van der Waals surface area contributed by atoms with E-state index in [2.05, 4.69) is 24.4 Å². The van der Waals surface area contributed by atoms with Crippen molar-refractivity contribution >= 4 is 0 Å². The molecule has 90 valence electrons. The van der Waals surface area contributed by atoms with Gasteiger partial charge in [-0.15, -0.1) is 0 Å². The highest BCUT2D eigenvalue weighted by Gasteiger charge is 2.35. The maximum atomic E-state index is 3.84. The lowest BCUT2D eigenvalue weighted by atomic mass is 9.86. The van der Waals surface area contributed by atoms with Gasteiger partial charge >= 0.3 is 0 Å². The molecule has 3 aliphatic rings. The van der Waals surface area contributed by atoms with E-state index in [0.717, 1.165) is 29.7 Å². The Balaban J connectivity index is 1.42. The van der Waals surface area contributed by atoms with Crippen LogP contribution in [0.1, 0.15) is 45.4 Å². The van der Waals surface area contributed by atoms with E-state index in [1.54, 1.807) is 0 Å². The van der Waals surface area contributed by atoms with E-state index in [1.807, 2.05) is 0 Å². The lowest BCUT2D eigenvalue weighted by molar-refractivity contribution is 0.286. The summed E-state index contributed by atoms with van der Waals surface area (Å²) < 4.78 is 0. The molecular formula is C15H25N. The van der Waals surface area contributed by atoms with Crippen LogP contribution < -0.4 is 5.32 Å². The van der Waals surface area contributed by atoms with Crippen LogP contribution in [0.15, 0.2) is 12.2 Å². The topological polar surface area (TPSA) is 12.0 Å². The first-order valence-electron chi connectivity index (χ1n) is 7.23. The molecule has 1 N–H and O–H groups in total. The van der Waals surface area contributed by atoms with Gasteiger partial charge in [0.1, 0.15) is 0 Å². The highest BCUT2D eigenvalue weighted by molar-refractivity contribution is 5.10. The molecule has 0 aromatic heterocycles. The van der Waals surface area contributed by atoms with Crippen LogP contribution in [0, 0.1) is 23.7 Å². The number of fused-ring (bicyclic) bond motifs is 2. The number of hydrogen-bond donors (Lipinski definition) is 1. The second-order valence-corrected chi connectivity index (χ2v) is 6.41. The lowest BCUT2D eigenvalue weighted by Gasteiger charge is -2.29. The Labute approximate surface area is 99.7 Å². The predicted molar refractivity (Wildman–Crippen MR) is 68.3 cm³/mol. The minimum Gasteiger partial charge on any atom is -0.314 e. The number of rotatable bonds is 3. The maximum absolute atomic E-state index is 3.84. The highest BCUT2D eigenvalue weighted by Crippen LogP contribution is 2.43. The summed E-state index contributed by atoms with van der Waals surface area (Å²) in [5.41, 5.74) is 0. The lowest BCUT2D eigenvalue weighted by Crippen LogP contribution is -2.36. The molecule has 3 atom stereocenters. The number of nitrogens with one attached hydrogen (secondary N) is 1. The van der Waals surface area contributed by atoms with Crippen molar-refractivity contribution < 1.29 is 0 Å². The van der Waals surface area contributed by atoms with Crippen molar-refractivity contribution in [3.05, 3.63) is 12.2 Å². The second-order valence-electron chi connectivity index (χ2n) is 6.41. The molecule has 0 radical (unpaired) electrons. The summed E-state index contributed by atoms with van der Waals surface area (Å²) >= 11 is 0. The van der Waals surface area contributed by atoms with Gasteiger partial charge in [0.05, 0.1) is 0 Å². The quantitative estimate of drug-likeness (QED) is 0.718. The van der Waals surface area contributed by atoms with E-state index in [0.29, 0.717) is 0 Å². The molecule has 1 nitrogen and oxygen atoms in total. The van der Waals surface area contributed by atoms with E-state index in [-0.39, 0.29) is 0 Å². The Morgan fingerprint density at radius 3 is 2.50 bits per heavy atom. The van der Waals surface area contributed by atoms with Gasteiger partial charge in [0, 0.05) is 6.04 Å². The van der Waals surface area contributed by atoms with Crippen molar-refractivity contribution in [1.29, 1.82) is 0 Å². The molecule has 0 spiro atoms. The van der Waals surface area contributed by atoms with Crippen molar-refractivity contribution in [2.45, 2.75) is 51.5 Å². The van der Waals surface area contributed by atoms with Crippen molar-refractivity contribution in [3.8, 4) is 0 Å². The largest absolute Gasteiger partial charge is 0.314 e. The van der Waals surface area contributed by atoms with Crippen LogP contribution in [0.4, 0.5) is 0 Å². The first-order valence-corrected chi connectivity index (χ1v) is 7.23. The third-order valence-corrected chi connectivity index (χ3v) is 5.10. The van der Waals surface area contributed by atoms with E-state index in [1.165, 1.54) is 45.1 Å². The fourth-order valence-electron chi connectivity index (χ4n) is 3.91. The summed E-state index contributed by atoms with van der Waals surface area (Å²) in [7, 11) is 0. The fraction of sp³-hybridized carbons (Fsp3) is 0.867. The van der Waals surface area contributed by atoms with Gasteiger partial charge in [0.15, 0.2) is 0 Å². The average molecular weight is 219 g/mol. The van der Waals surface area contributed by atoms with Gasteiger partial charge in [0.2, 0.25) is 0 Å². The van der Waals surface area contributed by atoms with E-state index in [9.17, 15) is 0 Å². The van der Waals surface area contributed by atoms with E-state index < -0.39 is 0 Å². The average Bonchev–Trinajstić information content (AvgIpc) is 2.90. The first-order chi connectivity index (χ1) is 7.81. The molecule has 0 heterocycles. The normalized spacial score (nSPS) is 46.4. The van der Waals surface area contributed by atoms with Crippen LogP contribution in [0.5, 0.6) is 0 Å². The van der Waals surface area contributed by atoms with Crippen molar-refractivity contribution in [3.63, 3.8) is 0 Å². The molecular weight excluding hydrogens is 194 g/mol. The van der Waals surface area contributed by atoms with Crippen LogP contribution in [0.25, 0.3) is 0 Å². The third-order valence-electron chi connectivity index (χ3n) is 5.10. The van der Waals surface area contributed by atoms with Crippen LogP contribution in [0.2, 0.25) is 0 Å². The molecule has 2 saturated carbocycles. The molecule has 0 aromatic carbocycles. The minimum absolute atomic E-state index is 0.833. The zero-order valence-electron chi connectivity index (χ0n) is 10.5. The van der Waals surface area contributed by atoms with Gasteiger partial charge < -0.3 is 5.32 Å². The number of allylic oxidation sites excluding steroid dienone is 2. The summed E-state index contributed by atoms with van der Waals surface area (Å²) in [4.78, 5) is 0. The standard InChI is InChI=1S/C15H25N/c1-11-2-6-15(7-3-11)16-10-14-9-12-4-5-13(14)8-12/h4-5,11-16H,2-3,6-10H2,1H3. The summed E-state index contributed by atoms with van der Waals surface area (Å²) in [6, 6.07) is 0.833. The van der Waals surface area contributed by atoms with Gasteiger partial charge in [-0.3, -0.25) is 0 Å². The predicted octanol–water partition coefficient (Wildman–Crippen LogP) is 3.37. The second kappa shape index (κ2) is 4.52. The van der Waals surface area contributed by atoms with E-state index in [4.69, 9.17) is 0 Å². The van der Waals surface area contributed by atoms with Crippen LogP contribution >= 0.6 is 0 Å². The van der Waals surface area contributed by atoms with Crippen molar-refractivity contribution in [2.24, 2.45) is 23.7 Å². The summed E-state index contributed by atoms with van der Waals surface area (Å²) in [6.45, 7) is 3.68. The Morgan fingerprint density at radius 1 is 1.06 bits per heavy atom. The van der Waals surface area contributed by atoms with Gasteiger partial charge in [-0.1, -0.05) is 19.1 Å². The third kappa shape index (κ3) is 2.20. The van der Waals surface area contributed by atoms with E-state index >= 15 is 0 Å². The highest BCUT2D eigenvalue weighted by atomic mass is 14.9. The molecule has 3 unspecified atom stereocenters. The minimum atomic E-state index is 0.833. The Morgan fingerprint density at radius 2 is 1.88 bits per heavy atom. The summed E-state index contributed by atoms with van der Waals surface area (Å²) in [5, 5.41) is 3.84. The van der Waals surface area contributed by atoms with Crippen molar-refractivity contribution in [2.75, 3.05) is 6.54 Å². The Hall–Kier alpha value is -0.300. The molecule has 0 aliphatic heterocycles. The van der Waals surface area contributed by atoms with Crippen LogP contribution in [0.3, 0.4) is 0 Å². The van der Waals surface area contributed by atoms with Gasteiger partial charge in [-0.2, -0.15) is 0 Å². The molecule has 0 aromatic rings. The molecule has 0 saturated heterocycles. The molecule has 3 rings (SSSR count). The monoisotopic (exact) mass is 219 g/mol. The van der Waals surface area contributed by atoms with Gasteiger partial charge in [0.25, 0.3) is 0 Å². The molecule has 2 fully saturated rings. The molecule has 2 bridgehead atoms. The van der Waals surface area contributed by atoms with Gasteiger partial charge in [-0.05, 0) is 68.7 Å². The molecule has 1 heteroatoms. The summed E-state index contributed by atoms with van der Waals surface area (Å²) in [5.74, 6) is 3.78. The SMILES string of the molecule is CC1CCC(NCC2CC3C=CC2C3)CC1. The summed E-state index contributed by atoms with van der Waals surface area (Å²) in [6.07, 6.45) is 13.5. The van der Waals surface area contributed by atoms with Gasteiger partial charge in [-0.25, -0.2) is 0 Å². The van der Waals surface area contributed by atoms with Crippen LogP contribution in [-0.4, -0.2) is 12.6 Å². The molecule has 3 aliphatic carbocycles. The Kier molecular flexibility index (Phi) is 3.06. The molecule has 0 amide bonds. The fourth-order valence-corrected chi connectivity index (χ4v) is 3.91. The Bertz CT molecular complexity index is 263. The van der Waals surface area contributed by atoms with Crippen molar-refractivity contribution in [1.82, 2.24) is 5.32 Å². The zero-order chi connectivity index (χ0) is 11.0. The molecule has 16 heavy (non-hydrogen) atoms. The maximum Gasteiger partial charge on any atom is 0.00673 e.